The molecule has 3 heteroatoms. The molecule has 2 aliphatic heterocycles. The molecule has 3 heterocycles. The fraction of sp³-hybridized carbons (Fsp3) is 0.145. The lowest BCUT2D eigenvalue weighted by molar-refractivity contribution is 0.624. The van der Waals surface area contributed by atoms with Crippen molar-refractivity contribution in [3.8, 4) is 22.4 Å². The lowest BCUT2D eigenvalue weighted by atomic mass is 9.81. The van der Waals surface area contributed by atoms with Crippen LogP contribution in [0.2, 0.25) is 0 Å². The van der Waals surface area contributed by atoms with Crippen molar-refractivity contribution in [3.63, 3.8) is 0 Å². The molecular formula is C55H41N3. The zero-order valence-corrected chi connectivity index (χ0v) is 32.3. The van der Waals surface area contributed by atoms with Gasteiger partial charge in [0.1, 0.15) is 6.04 Å². The SMILES string of the molecule is C1=Cc2c(c3c(c4c2nc(-c2cccc(-c5ccc(C6=NC7C8=C(C=CC7C=C6)CCC(c6ccccc6)=N8)c6ccccc56)c2)c2ccccc24)C=CCC3)CC1. The largest absolute Gasteiger partial charge is 0.274 e. The van der Waals surface area contributed by atoms with E-state index in [0.29, 0.717) is 0 Å². The van der Waals surface area contributed by atoms with E-state index >= 15 is 0 Å². The number of fused-ring (bicyclic) bond motifs is 11. The molecule has 2 unspecified atom stereocenters. The highest BCUT2D eigenvalue weighted by atomic mass is 14.9. The summed E-state index contributed by atoms with van der Waals surface area (Å²) >= 11 is 0. The van der Waals surface area contributed by atoms with Crippen molar-refractivity contribution in [2.75, 3.05) is 0 Å². The van der Waals surface area contributed by atoms with Crippen LogP contribution in [-0.4, -0.2) is 22.4 Å². The summed E-state index contributed by atoms with van der Waals surface area (Å²) in [5.74, 6) is 0.206. The summed E-state index contributed by atoms with van der Waals surface area (Å²) < 4.78 is 0. The molecule has 0 amide bonds. The summed E-state index contributed by atoms with van der Waals surface area (Å²) in [7, 11) is 0. The number of nitrogens with zero attached hydrogens (tertiary/aromatic N) is 3. The predicted molar refractivity (Wildman–Crippen MR) is 244 cm³/mol. The second-order valence-corrected chi connectivity index (χ2v) is 16.3. The molecule has 5 aliphatic rings. The van der Waals surface area contributed by atoms with Crippen molar-refractivity contribution in [2.24, 2.45) is 15.9 Å². The number of rotatable bonds is 4. The molecule has 58 heavy (non-hydrogen) atoms. The lowest BCUT2D eigenvalue weighted by Gasteiger charge is -2.31. The maximum atomic E-state index is 5.62. The van der Waals surface area contributed by atoms with Gasteiger partial charge in [-0.1, -0.05) is 152 Å². The van der Waals surface area contributed by atoms with Crippen molar-refractivity contribution in [1.82, 2.24) is 4.98 Å². The third-order valence-corrected chi connectivity index (χ3v) is 13.0. The van der Waals surface area contributed by atoms with E-state index in [2.05, 4.69) is 164 Å². The molecule has 276 valence electrons. The molecule has 6 aromatic carbocycles. The van der Waals surface area contributed by atoms with E-state index in [4.69, 9.17) is 15.0 Å². The lowest BCUT2D eigenvalue weighted by Crippen LogP contribution is -2.28. The number of hydrogen-bond acceptors (Lipinski definition) is 3. The van der Waals surface area contributed by atoms with Gasteiger partial charge in [-0.25, -0.2) is 4.98 Å². The molecule has 7 aromatic rings. The summed E-state index contributed by atoms with van der Waals surface area (Å²) in [4.78, 5) is 16.4. The van der Waals surface area contributed by atoms with E-state index < -0.39 is 0 Å². The predicted octanol–water partition coefficient (Wildman–Crippen LogP) is 13.2. The minimum Gasteiger partial charge on any atom is -0.274 e. The van der Waals surface area contributed by atoms with Crippen LogP contribution in [-0.2, 0) is 12.8 Å². The number of aromatic nitrogens is 1. The maximum Gasteiger partial charge on any atom is 0.103 e. The Morgan fingerprint density at radius 2 is 1.19 bits per heavy atom. The normalized spacial score (nSPS) is 19.2. The molecule has 0 radical (unpaired) electrons. The second kappa shape index (κ2) is 13.5. The van der Waals surface area contributed by atoms with Gasteiger partial charge >= 0.3 is 0 Å². The first-order valence-electron chi connectivity index (χ1n) is 20.9. The van der Waals surface area contributed by atoms with E-state index in [1.165, 1.54) is 71.4 Å². The van der Waals surface area contributed by atoms with E-state index in [0.717, 1.165) is 78.0 Å². The third kappa shape index (κ3) is 5.30. The smallest absolute Gasteiger partial charge is 0.103 e. The first-order valence-corrected chi connectivity index (χ1v) is 20.9. The van der Waals surface area contributed by atoms with Crippen molar-refractivity contribution in [2.45, 2.75) is 44.6 Å². The molecule has 0 saturated carbocycles. The highest BCUT2D eigenvalue weighted by Crippen LogP contribution is 2.44. The Kier molecular flexibility index (Phi) is 7.76. The highest BCUT2D eigenvalue weighted by molar-refractivity contribution is 6.19. The van der Waals surface area contributed by atoms with Crippen molar-refractivity contribution >= 4 is 56.0 Å². The summed E-state index contributed by atoms with van der Waals surface area (Å²) in [5, 5.41) is 6.19. The van der Waals surface area contributed by atoms with Gasteiger partial charge in [0.2, 0.25) is 0 Å². The number of dihydropyridines is 1. The van der Waals surface area contributed by atoms with Gasteiger partial charge in [-0.3, -0.25) is 9.98 Å². The molecule has 3 aliphatic carbocycles. The van der Waals surface area contributed by atoms with Crippen LogP contribution >= 0.6 is 0 Å². The standard InChI is InChI=1S/C55H41N3/c1-2-13-34(14-3-1)49-31-27-35-25-26-36-28-32-50(57-54(36)53(35)56-49)44-30-29-39(40-17-4-5-18-41(40)44)37-15-12-16-38(33-37)52-48-24-11-9-22-46(48)51-45-21-8-6-19-42(45)43-20-7-10-23-47(43)55(51)58-52/h1-5,8-18,21-26,28-30,32-33,36,54H,6-7,19-20,27,31H2. The van der Waals surface area contributed by atoms with Crippen LogP contribution in [0.15, 0.2) is 173 Å². The zero-order chi connectivity index (χ0) is 38.2. The monoisotopic (exact) mass is 743 g/mol. The van der Waals surface area contributed by atoms with Gasteiger partial charge in [0.25, 0.3) is 0 Å². The number of aliphatic imine (C=N–C) groups is 2. The maximum absolute atomic E-state index is 5.62. The molecule has 12 rings (SSSR count). The van der Waals surface area contributed by atoms with Crippen LogP contribution in [0.4, 0.5) is 0 Å². The fourth-order valence-corrected chi connectivity index (χ4v) is 10.3. The molecule has 0 spiro atoms. The average molecular weight is 744 g/mol. The third-order valence-electron chi connectivity index (χ3n) is 13.0. The van der Waals surface area contributed by atoms with Gasteiger partial charge < -0.3 is 0 Å². The average Bonchev–Trinajstić information content (AvgIpc) is 3.30. The zero-order valence-electron chi connectivity index (χ0n) is 32.3. The number of allylic oxidation sites excluding steroid dienone is 5. The number of benzene rings is 6. The Hall–Kier alpha value is -6.71. The molecule has 3 nitrogen and oxygen atoms in total. The minimum absolute atomic E-state index is 0.0268. The van der Waals surface area contributed by atoms with Crippen LogP contribution in [0.5, 0.6) is 0 Å². The number of pyridine rings is 1. The topological polar surface area (TPSA) is 37.6 Å². The highest BCUT2D eigenvalue weighted by Gasteiger charge is 2.32. The van der Waals surface area contributed by atoms with E-state index in [-0.39, 0.29) is 12.0 Å². The van der Waals surface area contributed by atoms with E-state index in [1.54, 1.807) is 0 Å². The van der Waals surface area contributed by atoms with Gasteiger partial charge in [-0.15, -0.1) is 0 Å². The van der Waals surface area contributed by atoms with Gasteiger partial charge in [-0.05, 0) is 106 Å². The van der Waals surface area contributed by atoms with E-state index in [1.807, 2.05) is 0 Å². The molecule has 2 atom stereocenters. The Morgan fingerprint density at radius 3 is 2.03 bits per heavy atom. The van der Waals surface area contributed by atoms with Crippen LogP contribution < -0.4 is 0 Å². The Morgan fingerprint density at radius 1 is 0.517 bits per heavy atom. The first-order chi connectivity index (χ1) is 28.8. The summed E-state index contributed by atoms with van der Waals surface area (Å²) in [6.07, 6.45) is 24.9. The van der Waals surface area contributed by atoms with Crippen LogP contribution in [0.3, 0.4) is 0 Å². The molecule has 1 aromatic heterocycles. The van der Waals surface area contributed by atoms with Crippen LogP contribution in [0, 0.1) is 5.92 Å². The Labute approximate surface area is 338 Å². The molecule has 0 N–H and O–H groups in total. The first kappa shape index (κ1) is 33.4. The van der Waals surface area contributed by atoms with E-state index in [9.17, 15) is 0 Å². The van der Waals surface area contributed by atoms with Crippen LogP contribution in [0.1, 0.15) is 59.1 Å². The molecular weight excluding hydrogens is 703 g/mol. The molecule has 0 bridgehead atoms. The van der Waals surface area contributed by atoms with Gasteiger partial charge in [0, 0.05) is 39.1 Å². The molecule has 0 saturated heterocycles. The quantitative estimate of drug-likeness (QED) is 0.165. The van der Waals surface area contributed by atoms with Gasteiger partial charge in [-0.2, -0.15) is 0 Å². The number of hydrogen-bond donors (Lipinski definition) is 0. The Bertz CT molecular complexity index is 3110. The Balaban J connectivity index is 0.969. The summed E-state index contributed by atoms with van der Waals surface area (Å²) in [5.41, 5.74) is 18.4. The van der Waals surface area contributed by atoms with Crippen molar-refractivity contribution in [1.29, 1.82) is 0 Å². The summed E-state index contributed by atoms with van der Waals surface area (Å²) in [6.45, 7) is 0. The van der Waals surface area contributed by atoms with Crippen molar-refractivity contribution < 1.29 is 0 Å². The van der Waals surface area contributed by atoms with Gasteiger partial charge in [0.15, 0.2) is 0 Å². The van der Waals surface area contributed by atoms with Crippen molar-refractivity contribution in [3.05, 3.63) is 196 Å². The summed E-state index contributed by atoms with van der Waals surface area (Å²) in [6, 6.07) is 41.9. The minimum atomic E-state index is -0.0268. The second-order valence-electron chi connectivity index (χ2n) is 16.3. The van der Waals surface area contributed by atoms with Crippen LogP contribution in [0.25, 0.3) is 67.0 Å². The van der Waals surface area contributed by atoms with Gasteiger partial charge in [0.05, 0.1) is 22.6 Å². The fourth-order valence-electron chi connectivity index (χ4n) is 10.3. The molecule has 0 fully saturated rings.